The molecule has 1 aromatic carbocycles. The number of nitrogens with zero attached hydrogens (tertiary/aromatic N) is 3. The smallest absolute Gasteiger partial charge is 0.331 e. The van der Waals surface area contributed by atoms with Crippen molar-refractivity contribution in [2.24, 2.45) is 7.05 Å². The Morgan fingerprint density at radius 1 is 1.23 bits per heavy atom. The lowest BCUT2D eigenvalue weighted by Gasteiger charge is -2.20. The predicted octanol–water partition coefficient (Wildman–Crippen LogP) is 1.79. The zero-order valence-corrected chi connectivity index (χ0v) is 19.5. The van der Waals surface area contributed by atoms with Crippen LogP contribution in [-0.4, -0.2) is 38.0 Å². The maximum atomic E-state index is 13.7. The number of carbonyl (C=O) groups excluding carboxylic acids is 1. The van der Waals surface area contributed by atoms with Crippen LogP contribution in [0.25, 0.3) is 6.08 Å². The largest absolute Gasteiger partial charge is 0.503 e. The van der Waals surface area contributed by atoms with Crippen molar-refractivity contribution in [3.63, 3.8) is 0 Å². The summed E-state index contributed by atoms with van der Waals surface area (Å²) in [6, 6.07) is 5.11. The molecule has 9 nitrogen and oxygen atoms in total. The number of phenols is 1. The predicted molar refractivity (Wildman–Crippen MR) is 124 cm³/mol. The van der Waals surface area contributed by atoms with Crippen molar-refractivity contribution in [2.45, 2.75) is 18.1 Å². The molecule has 0 atom stereocenters. The minimum atomic E-state index is -1.20. The second-order valence-corrected chi connectivity index (χ2v) is 8.67. The number of benzene rings is 1. The van der Waals surface area contributed by atoms with E-state index in [1.54, 1.807) is 18.3 Å². The average molecular weight is 502 g/mol. The van der Waals surface area contributed by atoms with Crippen LogP contribution in [0.1, 0.15) is 16.7 Å². The highest BCUT2D eigenvalue weighted by atomic mass is 32.2. The lowest BCUT2D eigenvalue weighted by molar-refractivity contribution is -0.117. The maximum Gasteiger partial charge on any atom is 0.331 e. The van der Waals surface area contributed by atoms with E-state index in [9.17, 15) is 28.3 Å². The first-order chi connectivity index (χ1) is 16.7. The average Bonchev–Trinajstić information content (AvgIpc) is 2.86. The van der Waals surface area contributed by atoms with Gasteiger partial charge in [-0.05, 0) is 35.4 Å². The van der Waals surface area contributed by atoms with Crippen molar-refractivity contribution in [2.75, 3.05) is 12.9 Å². The Labute approximate surface area is 201 Å². The first-order valence-corrected chi connectivity index (χ1v) is 11.3. The van der Waals surface area contributed by atoms with E-state index >= 15 is 0 Å². The van der Waals surface area contributed by atoms with Crippen LogP contribution < -0.4 is 21.3 Å². The van der Waals surface area contributed by atoms with Gasteiger partial charge in [-0.25, -0.2) is 18.6 Å². The molecule has 3 aromatic rings. The second kappa shape index (κ2) is 9.74. The normalized spacial score (nSPS) is 12.6. The summed E-state index contributed by atoms with van der Waals surface area (Å²) in [6.07, 6.45) is 2.98. The van der Waals surface area contributed by atoms with Crippen LogP contribution in [0, 0.1) is 11.6 Å². The number of fused-ring (bicyclic) bond motifs is 1. The van der Waals surface area contributed by atoms with Gasteiger partial charge in [0.05, 0.1) is 24.2 Å². The summed E-state index contributed by atoms with van der Waals surface area (Å²) in [5.74, 6) is -3.29. The number of thioether (sulfide) groups is 1. The number of halogens is 2. The number of aromatic hydroxyl groups is 1. The van der Waals surface area contributed by atoms with Crippen LogP contribution in [0.15, 0.2) is 50.7 Å². The van der Waals surface area contributed by atoms with Gasteiger partial charge in [0.15, 0.2) is 17.4 Å². The Morgan fingerprint density at radius 2 is 1.94 bits per heavy atom. The minimum Gasteiger partial charge on any atom is -0.503 e. The van der Waals surface area contributed by atoms with E-state index in [4.69, 9.17) is 4.74 Å². The quantitative estimate of drug-likeness (QED) is 0.494. The summed E-state index contributed by atoms with van der Waals surface area (Å²) >= 11 is 1.17. The molecule has 0 aliphatic carbocycles. The van der Waals surface area contributed by atoms with Crippen molar-refractivity contribution in [1.82, 2.24) is 19.4 Å². The molecule has 0 saturated carbocycles. The number of hydrogen-bond acceptors (Lipinski definition) is 7. The fourth-order valence-electron chi connectivity index (χ4n) is 3.56. The van der Waals surface area contributed by atoms with E-state index in [2.05, 4.69) is 10.3 Å². The molecule has 0 radical (unpaired) electrons. The van der Waals surface area contributed by atoms with Crippen LogP contribution in [0.2, 0.25) is 0 Å². The molecule has 0 unspecified atom stereocenters. The molecule has 0 bridgehead atoms. The highest BCUT2D eigenvalue weighted by Gasteiger charge is 2.24. The van der Waals surface area contributed by atoms with E-state index in [-0.39, 0.29) is 29.3 Å². The molecule has 1 aliphatic heterocycles. The molecule has 2 N–H and O–H groups in total. The van der Waals surface area contributed by atoms with Crippen LogP contribution in [0.3, 0.4) is 0 Å². The van der Waals surface area contributed by atoms with Crippen LogP contribution >= 0.6 is 11.8 Å². The molecule has 1 amide bonds. The third-order valence-corrected chi connectivity index (χ3v) is 6.60. The SMILES string of the molecule is COc1cc(CNC(=O)C2=Cc3c(n(C)c(=O)n(Cc4cc(F)c(O)c(F)c4)c3=O)SC2)ccn1. The molecule has 12 heteroatoms. The van der Waals surface area contributed by atoms with Gasteiger partial charge in [0.2, 0.25) is 11.8 Å². The van der Waals surface area contributed by atoms with Crippen LogP contribution in [0.4, 0.5) is 8.78 Å². The van der Waals surface area contributed by atoms with Gasteiger partial charge in [0, 0.05) is 37.2 Å². The van der Waals surface area contributed by atoms with Gasteiger partial charge in [-0.1, -0.05) is 0 Å². The number of pyridine rings is 1. The monoisotopic (exact) mass is 502 g/mol. The topological polar surface area (TPSA) is 115 Å². The van der Waals surface area contributed by atoms with E-state index in [0.29, 0.717) is 16.5 Å². The fraction of sp³-hybridized carbons (Fsp3) is 0.217. The van der Waals surface area contributed by atoms with Gasteiger partial charge in [0.25, 0.3) is 5.56 Å². The van der Waals surface area contributed by atoms with Crippen molar-refractivity contribution in [3.05, 3.63) is 85.2 Å². The van der Waals surface area contributed by atoms with Crippen molar-refractivity contribution in [1.29, 1.82) is 0 Å². The number of phenolic OH excluding ortho intramolecular Hbond substituents is 1. The van der Waals surface area contributed by atoms with Crippen molar-refractivity contribution < 1.29 is 23.4 Å². The van der Waals surface area contributed by atoms with Gasteiger partial charge in [-0.3, -0.25) is 18.7 Å². The third-order valence-electron chi connectivity index (χ3n) is 5.38. The number of rotatable bonds is 6. The Hall–Kier alpha value is -3.93. The molecular formula is C23H20F2N4O5S. The zero-order valence-electron chi connectivity index (χ0n) is 18.7. The van der Waals surface area contributed by atoms with Gasteiger partial charge >= 0.3 is 5.69 Å². The molecule has 0 saturated heterocycles. The summed E-state index contributed by atoms with van der Waals surface area (Å²) in [7, 11) is 2.96. The summed E-state index contributed by atoms with van der Waals surface area (Å²) in [6.45, 7) is -0.209. The minimum absolute atomic E-state index is 0.0184. The summed E-state index contributed by atoms with van der Waals surface area (Å²) in [5.41, 5.74) is -0.175. The van der Waals surface area contributed by atoms with E-state index in [1.807, 2.05) is 0 Å². The number of ether oxygens (including phenoxy) is 1. The van der Waals surface area contributed by atoms with Gasteiger partial charge in [-0.2, -0.15) is 0 Å². The molecule has 1 aliphatic rings. The number of amides is 1. The van der Waals surface area contributed by atoms with Gasteiger partial charge in [-0.15, -0.1) is 11.8 Å². The molecule has 4 rings (SSSR count). The lowest BCUT2D eigenvalue weighted by atomic mass is 10.1. The zero-order chi connectivity index (χ0) is 25.3. The summed E-state index contributed by atoms with van der Waals surface area (Å²) < 4.78 is 34.6. The Morgan fingerprint density at radius 3 is 2.63 bits per heavy atom. The van der Waals surface area contributed by atoms with Gasteiger partial charge in [0.1, 0.15) is 0 Å². The Kier molecular flexibility index (Phi) is 6.74. The highest BCUT2D eigenvalue weighted by molar-refractivity contribution is 7.99. The molecular weight excluding hydrogens is 482 g/mol. The standard InChI is InChI=1S/C23H20F2N4O5S/c1-28-22-15(21(32)29(23(28)33)10-13-5-16(24)19(30)17(25)6-13)8-14(11-35-22)20(31)27-9-12-3-4-26-18(7-12)34-2/h3-8,30H,9-11H2,1-2H3,(H,27,31). The van der Waals surface area contributed by atoms with Crippen LogP contribution in [0.5, 0.6) is 11.6 Å². The number of carbonyl (C=O) groups is 1. The van der Waals surface area contributed by atoms with Gasteiger partial charge < -0.3 is 15.2 Å². The fourth-order valence-corrected chi connectivity index (χ4v) is 4.64. The molecule has 182 valence electrons. The second-order valence-electron chi connectivity index (χ2n) is 7.71. The first kappa shape index (κ1) is 24.2. The highest BCUT2D eigenvalue weighted by Crippen LogP contribution is 2.29. The van der Waals surface area contributed by atoms with E-state index in [0.717, 1.165) is 22.3 Å². The first-order valence-electron chi connectivity index (χ1n) is 10.3. The van der Waals surface area contributed by atoms with E-state index < -0.39 is 35.2 Å². The number of nitrogens with one attached hydrogen (secondary N) is 1. The molecule has 3 heterocycles. The summed E-state index contributed by atoms with van der Waals surface area (Å²) in [5, 5.41) is 12.5. The number of methoxy groups -OCH3 is 1. The number of aromatic nitrogens is 3. The lowest BCUT2D eigenvalue weighted by Crippen LogP contribution is -2.42. The van der Waals surface area contributed by atoms with Crippen LogP contribution in [-0.2, 0) is 24.9 Å². The molecule has 35 heavy (non-hydrogen) atoms. The molecule has 0 fully saturated rings. The summed E-state index contributed by atoms with van der Waals surface area (Å²) in [4.78, 5) is 42.7. The Balaban J connectivity index is 1.63. The molecule has 2 aromatic heterocycles. The number of hydrogen-bond donors (Lipinski definition) is 2. The van der Waals surface area contributed by atoms with E-state index in [1.165, 1.54) is 36.6 Å². The van der Waals surface area contributed by atoms with Crippen molar-refractivity contribution >= 4 is 23.7 Å². The Bertz CT molecular complexity index is 1460. The third kappa shape index (κ3) is 4.83. The molecule has 0 spiro atoms. The van der Waals surface area contributed by atoms with Crippen molar-refractivity contribution in [3.8, 4) is 11.6 Å². The maximum absolute atomic E-state index is 13.7.